The number of unbranched alkanes of at least 4 members (excludes halogenated alkanes) is 35. The monoisotopic (exact) mass is 1000 g/mol. The normalized spacial score (nSPS) is 12.7. The maximum absolute atomic E-state index is 12.9. The first-order valence-electron chi connectivity index (χ1n) is 31.5. The molecule has 72 heavy (non-hydrogen) atoms. The van der Waals surface area contributed by atoms with Crippen molar-refractivity contribution in [3.05, 3.63) is 72.9 Å². The number of rotatable bonds is 58. The lowest BCUT2D eigenvalue weighted by molar-refractivity contribution is -0.163. The maximum atomic E-state index is 12.9. The number of allylic oxidation sites excluding steroid dienone is 12. The molecule has 0 bridgehead atoms. The maximum Gasteiger partial charge on any atom is 0.306 e. The van der Waals surface area contributed by atoms with Gasteiger partial charge in [0.2, 0.25) is 0 Å². The quantitative estimate of drug-likeness (QED) is 0.0345. The standard InChI is InChI=1S/C67H120O5/c1-4-7-10-13-16-19-22-25-28-31-33-35-38-41-44-47-50-53-56-59-62-70-63-65(72-67(69)61-58-55-52-49-46-43-40-36-30-27-24-21-18-15-12-9-6-3)64-71-66(68)60-57-54-51-48-45-42-39-37-34-32-29-26-23-20-17-14-11-8-5-2/h16-17,19-20,25-30,34,37,65H,4-15,18,21-24,31-33,35-36,38-64H2,1-3H3/b19-16-,20-17-,28-25-,29-26-,30-27-,37-34-. The summed E-state index contributed by atoms with van der Waals surface area (Å²) in [4.78, 5) is 25.6. The molecule has 1 unspecified atom stereocenters. The molecule has 0 aromatic heterocycles. The van der Waals surface area contributed by atoms with Gasteiger partial charge in [-0.25, -0.2) is 0 Å². The molecule has 0 aliphatic rings. The molecule has 0 spiro atoms. The van der Waals surface area contributed by atoms with Crippen LogP contribution in [-0.2, 0) is 23.8 Å². The number of hydrogen-bond donors (Lipinski definition) is 0. The summed E-state index contributed by atoms with van der Waals surface area (Å²) >= 11 is 0. The highest BCUT2D eigenvalue weighted by Gasteiger charge is 2.17. The Morgan fingerprint density at radius 3 is 0.972 bits per heavy atom. The predicted molar refractivity (Wildman–Crippen MR) is 316 cm³/mol. The Morgan fingerprint density at radius 2 is 0.583 bits per heavy atom. The van der Waals surface area contributed by atoms with E-state index in [1.165, 1.54) is 205 Å². The van der Waals surface area contributed by atoms with E-state index >= 15 is 0 Å². The van der Waals surface area contributed by atoms with Gasteiger partial charge in [-0.3, -0.25) is 9.59 Å². The predicted octanol–water partition coefficient (Wildman–Crippen LogP) is 21.8. The van der Waals surface area contributed by atoms with Gasteiger partial charge in [-0.2, -0.15) is 0 Å². The molecule has 0 radical (unpaired) electrons. The van der Waals surface area contributed by atoms with E-state index in [1.807, 2.05) is 0 Å². The SMILES string of the molecule is CCCCC/C=C\C/C=C\C/C=C\CCCCCCCCC(=O)OCC(COCCCCCCCCCCCC/C=C\C/C=C\CCCCC)OC(=O)CCCCCCCCC/C=C\CCCCCCCC. The number of carbonyl (C=O) groups excluding carboxylic acids is 2. The van der Waals surface area contributed by atoms with Crippen molar-refractivity contribution in [1.29, 1.82) is 0 Å². The van der Waals surface area contributed by atoms with Crippen LogP contribution in [0.4, 0.5) is 0 Å². The van der Waals surface area contributed by atoms with Crippen LogP contribution in [-0.4, -0.2) is 37.9 Å². The molecule has 0 saturated carbocycles. The van der Waals surface area contributed by atoms with Crippen LogP contribution < -0.4 is 0 Å². The van der Waals surface area contributed by atoms with Crippen LogP contribution in [0.2, 0.25) is 0 Å². The van der Waals surface area contributed by atoms with Crippen molar-refractivity contribution in [2.24, 2.45) is 0 Å². The molecule has 5 nitrogen and oxygen atoms in total. The number of carbonyl (C=O) groups is 2. The molecule has 0 rings (SSSR count). The van der Waals surface area contributed by atoms with Crippen molar-refractivity contribution in [3.63, 3.8) is 0 Å². The molecule has 0 aromatic carbocycles. The average Bonchev–Trinajstić information content (AvgIpc) is 3.38. The summed E-state index contributed by atoms with van der Waals surface area (Å²) < 4.78 is 17.5. The Hall–Kier alpha value is -2.66. The van der Waals surface area contributed by atoms with Gasteiger partial charge in [0.05, 0.1) is 6.61 Å². The highest BCUT2D eigenvalue weighted by molar-refractivity contribution is 5.70. The third kappa shape index (κ3) is 59.9. The Bertz CT molecular complexity index is 1270. The first-order valence-corrected chi connectivity index (χ1v) is 31.5. The summed E-state index contributed by atoms with van der Waals surface area (Å²) in [6.07, 6.45) is 82.1. The van der Waals surface area contributed by atoms with Gasteiger partial charge in [0, 0.05) is 19.4 Å². The van der Waals surface area contributed by atoms with E-state index in [1.54, 1.807) is 0 Å². The topological polar surface area (TPSA) is 61.8 Å². The molecular weight excluding hydrogens is 885 g/mol. The van der Waals surface area contributed by atoms with Crippen molar-refractivity contribution >= 4 is 11.9 Å². The summed E-state index contributed by atoms with van der Waals surface area (Å²) in [6.45, 7) is 7.79. The van der Waals surface area contributed by atoms with Crippen LogP contribution in [0.15, 0.2) is 72.9 Å². The second-order valence-electron chi connectivity index (χ2n) is 21.0. The lowest BCUT2D eigenvalue weighted by Gasteiger charge is -2.18. The van der Waals surface area contributed by atoms with Gasteiger partial charge in [0.15, 0.2) is 6.10 Å². The summed E-state index contributed by atoms with van der Waals surface area (Å²) in [5.74, 6) is -0.406. The van der Waals surface area contributed by atoms with E-state index in [-0.39, 0.29) is 25.2 Å². The van der Waals surface area contributed by atoms with Gasteiger partial charge in [-0.15, -0.1) is 0 Å². The fraction of sp³-hybridized carbons (Fsp3) is 0.791. The van der Waals surface area contributed by atoms with E-state index in [0.717, 1.165) is 77.0 Å². The van der Waals surface area contributed by atoms with Gasteiger partial charge in [-0.05, 0) is 116 Å². The Labute approximate surface area is 448 Å². The van der Waals surface area contributed by atoms with Crippen molar-refractivity contribution in [2.75, 3.05) is 19.8 Å². The molecule has 0 N–H and O–H groups in total. The van der Waals surface area contributed by atoms with Crippen molar-refractivity contribution in [2.45, 2.75) is 322 Å². The van der Waals surface area contributed by atoms with Gasteiger partial charge in [0.1, 0.15) is 6.61 Å². The molecule has 0 heterocycles. The Kier molecular flexibility index (Phi) is 60.3. The zero-order chi connectivity index (χ0) is 52.0. The van der Waals surface area contributed by atoms with Gasteiger partial charge in [-0.1, -0.05) is 261 Å². The molecule has 418 valence electrons. The van der Waals surface area contributed by atoms with Crippen LogP contribution in [0.25, 0.3) is 0 Å². The largest absolute Gasteiger partial charge is 0.462 e. The molecule has 0 aliphatic heterocycles. The molecule has 1 atom stereocenters. The number of esters is 2. The van der Waals surface area contributed by atoms with Gasteiger partial charge < -0.3 is 14.2 Å². The van der Waals surface area contributed by atoms with Crippen LogP contribution >= 0.6 is 0 Å². The summed E-state index contributed by atoms with van der Waals surface area (Å²) in [7, 11) is 0. The highest BCUT2D eigenvalue weighted by atomic mass is 16.6. The number of hydrogen-bond acceptors (Lipinski definition) is 5. The van der Waals surface area contributed by atoms with E-state index in [9.17, 15) is 9.59 Å². The first kappa shape index (κ1) is 69.3. The second-order valence-corrected chi connectivity index (χ2v) is 21.0. The van der Waals surface area contributed by atoms with Crippen molar-refractivity contribution in [3.8, 4) is 0 Å². The Balaban J connectivity index is 4.30. The fourth-order valence-electron chi connectivity index (χ4n) is 8.96. The molecule has 0 saturated heterocycles. The van der Waals surface area contributed by atoms with Crippen LogP contribution in [0.3, 0.4) is 0 Å². The molecule has 0 aromatic rings. The summed E-state index contributed by atoms with van der Waals surface area (Å²) in [6, 6.07) is 0. The fourth-order valence-corrected chi connectivity index (χ4v) is 8.96. The minimum absolute atomic E-state index is 0.0752. The second kappa shape index (κ2) is 62.6. The Morgan fingerprint density at radius 1 is 0.306 bits per heavy atom. The minimum Gasteiger partial charge on any atom is -0.462 e. The number of ether oxygens (including phenoxy) is 3. The van der Waals surface area contributed by atoms with E-state index < -0.39 is 6.10 Å². The first-order chi connectivity index (χ1) is 35.6. The van der Waals surface area contributed by atoms with E-state index in [2.05, 4.69) is 93.7 Å². The summed E-state index contributed by atoms with van der Waals surface area (Å²) in [5, 5.41) is 0. The van der Waals surface area contributed by atoms with Gasteiger partial charge in [0.25, 0.3) is 0 Å². The summed E-state index contributed by atoms with van der Waals surface area (Å²) in [5.41, 5.74) is 0. The lowest BCUT2D eigenvalue weighted by Crippen LogP contribution is -2.30. The zero-order valence-electron chi connectivity index (χ0n) is 48.2. The van der Waals surface area contributed by atoms with Crippen LogP contribution in [0.5, 0.6) is 0 Å². The minimum atomic E-state index is -0.549. The van der Waals surface area contributed by atoms with Crippen LogP contribution in [0, 0.1) is 0 Å². The lowest BCUT2D eigenvalue weighted by atomic mass is 10.1. The third-order valence-corrected chi connectivity index (χ3v) is 13.7. The smallest absolute Gasteiger partial charge is 0.306 e. The van der Waals surface area contributed by atoms with Gasteiger partial charge >= 0.3 is 11.9 Å². The van der Waals surface area contributed by atoms with Crippen LogP contribution in [0.1, 0.15) is 316 Å². The average molecular weight is 1010 g/mol. The van der Waals surface area contributed by atoms with Crippen molar-refractivity contribution in [1.82, 2.24) is 0 Å². The molecule has 0 fully saturated rings. The van der Waals surface area contributed by atoms with E-state index in [4.69, 9.17) is 14.2 Å². The van der Waals surface area contributed by atoms with E-state index in [0.29, 0.717) is 19.4 Å². The molecule has 0 aliphatic carbocycles. The molecule has 0 amide bonds. The highest BCUT2D eigenvalue weighted by Crippen LogP contribution is 2.15. The third-order valence-electron chi connectivity index (χ3n) is 13.7. The molecular formula is C67H120O5. The van der Waals surface area contributed by atoms with Crippen molar-refractivity contribution < 1.29 is 23.8 Å². The molecule has 5 heteroatoms. The zero-order valence-corrected chi connectivity index (χ0v) is 48.2.